The van der Waals surface area contributed by atoms with Gasteiger partial charge >= 0.3 is 13.3 Å². The number of benzene rings is 1. The first kappa shape index (κ1) is 15.9. The van der Waals surface area contributed by atoms with Crippen molar-refractivity contribution in [3.8, 4) is 0 Å². The first-order valence-electron chi connectivity index (χ1n) is 7.51. The minimum Gasteiger partial charge on any atom is -0.403 e. The molecule has 0 radical (unpaired) electrons. The van der Waals surface area contributed by atoms with Gasteiger partial charge in [-0.15, -0.1) is 0 Å². The van der Waals surface area contributed by atoms with E-state index in [-0.39, 0.29) is 5.31 Å². The van der Waals surface area contributed by atoms with E-state index in [0.717, 1.165) is 30.5 Å². The molecule has 1 aromatic rings. The lowest BCUT2D eigenvalue weighted by atomic mass is 9.64. The van der Waals surface area contributed by atoms with Crippen molar-refractivity contribution in [1.29, 1.82) is 0 Å². The molecule has 1 aromatic carbocycles. The molecule has 2 aliphatic rings. The summed E-state index contributed by atoms with van der Waals surface area (Å²) in [6.45, 7) is 7.93. The molecule has 2 nitrogen and oxygen atoms in total. The van der Waals surface area contributed by atoms with Crippen LogP contribution in [0.15, 0.2) is 24.3 Å². The van der Waals surface area contributed by atoms with Crippen LogP contribution < -0.4 is 0 Å². The zero-order chi connectivity index (χ0) is 16.4. The van der Waals surface area contributed by atoms with Gasteiger partial charge in [0, 0.05) is 5.31 Å². The third-order valence-corrected chi connectivity index (χ3v) is 5.28. The van der Waals surface area contributed by atoms with Crippen LogP contribution in [-0.4, -0.2) is 18.3 Å². The van der Waals surface area contributed by atoms with Gasteiger partial charge in [-0.1, -0.05) is 12.1 Å². The first-order chi connectivity index (χ1) is 9.98. The molecule has 6 heteroatoms. The molecule has 0 N–H and O–H groups in total. The molecule has 1 aliphatic carbocycles. The lowest BCUT2D eigenvalue weighted by Gasteiger charge is -2.32. The fraction of sp³-hybridized carbons (Fsp3) is 0.625. The quantitative estimate of drug-likeness (QED) is 0.755. The van der Waals surface area contributed by atoms with E-state index in [1.807, 2.05) is 27.7 Å². The Morgan fingerprint density at radius 1 is 0.909 bits per heavy atom. The molecule has 0 unspecified atom stereocenters. The number of hydrogen-bond acceptors (Lipinski definition) is 2. The van der Waals surface area contributed by atoms with Crippen LogP contribution in [0.3, 0.4) is 0 Å². The maximum Gasteiger partial charge on any atom is 0.469 e. The zero-order valence-corrected chi connectivity index (χ0v) is 13.3. The average Bonchev–Trinajstić information content (AvgIpc) is 3.14. The molecule has 3 rings (SSSR count). The normalized spacial score (nSPS) is 25.3. The predicted octanol–water partition coefficient (Wildman–Crippen LogP) is 4.37. The molecule has 1 saturated carbocycles. The van der Waals surface area contributed by atoms with Crippen LogP contribution in [-0.2, 0) is 20.8 Å². The Labute approximate surface area is 129 Å². The molecule has 1 saturated heterocycles. The van der Waals surface area contributed by atoms with Crippen molar-refractivity contribution in [1.82, 2.24) is 0 Å². The highest BCUT2D eigenvalue weighted by atomic mass is 19.4. The Kier molecular flexibility index (Phi) is 3.25. The van der Waals surface area contributed by atoms with Crippen LogP contribution in [0.1, 0.15) is 51.7 Å². The van der Waals surface area contributed by atoms with Crippen LogP contribution in [0.5, 0.6) is 0 Å². The average molecular weight is 312 g/mol. The highest BCUT2D eigenvalue weighted by molar-refractivity contribution is 6.51. The van der Waals surface area contributed by atoms with E-state index in [1.54, 1.807) is 12.1 Å². The standard InChI is InChI=1S/C16H20BF3O2/c1-13(2)14(3,4)22-17(21-13)15(9-10-15)11-5-7-12(8-6-11)16(18,19)20/h5-8H,9-10H2,1-4H3. The van der Waals surface area contributed by atoms with Gasteiger partial charge in [0.05, 0.1) is 16.8 Å². The van der Waals surface area contributed by atoms with Crippen molar-refractivity contribution >= 4 is 7.12 Å². The van der Waals surface area contributed by atoms with E-state index in [4.69, 9.17) is 9.31 Å². The van der Waals surface area contributed by atoms with Crippen molar-refractivity contribution in [2.45, 2.75) is 63.2 Å². The lowest BCUT2D eigenvalue weighted by Crippen LogP contribution is -2.41. The molecular formula is C16H20BF3O2. The van der Waals surface area contributed by atoms with Crippen LogP contribution in [0.4, 0.5) is 13.2 Å². The Morgan fingerprint density at radius 3 is 1.73 bits per heavy atom. The molecule has 22 heavy (non-hydrogen) atoms. The largest absolute Gasteiger partial charge is 0.469 e. The van der Waals surface area contributed by atoms with Gasteiger partial charge in [0.1, 0.15) is 0 Å². The Balaban J connectivity index is 1.86. The summed E-state index contributed by atoms with van der Waals surface area (Å²) in [7, 11) is -0.408. The fourth-order valence-electron chi connectivity index (χ4n) is 2.85. The summed E-state index contributed by atoms with van der Waals surface area (Å²) in [6, 6.07) is 5.39. The topological polar surface area (TPSA) is 18.5 Å². The molecule has 1 aliphatic heterocycles. The first-order valence-corrected chi connectivity index (χ1v) is 7.51. The molecule has 2 fully saturated rings. The fourth-order valence-corrected chi connectivity index (χ4v) is 2.85. The van der Waals surface area contributed by atoms with Gasteiger partial charge < -0.3 is 9.31 Å². The predicted molar refractivity (Wildman–Crippen MR) is 78.4 cm³/mol. The highest BCUT2D eigenvalue weighted by Crippen LogP contribution is 2.55. The van der Waals surface area contributed by atoms with Crippen molar-refractivity contribution in [2.75, 3.05) is 0 Å². The van der Waals surface area contributed by atoms with E-state index < -0.39 is 30.1 Å². The molecule has 0 amide bonds. The lowest BCUT2D eigenvalue weighted by molar-refractivity contribution is -0.137. The Hall–Kier alpha value is -1.01. The summed E-state index contributed by atoms with van der Waals surface area (Å²) in [5, 5.41) is -0.310. The molecule has 0 bridgehead atoms. The highest BCUT2D eigenvalue weighted by Gasteiger charge is 2.65. The molecule has 1 heterocycles. The molecule has 0 aromatic heterocycles. The number of halogens is 3. The van der Waals surface area contributed by atoms with Gasteiger partial charge in [0.2, 0.25) is 0 Å². The third kappa shape index (κ3) is 2.37. The van der Waals surface area contributed by atoms with Gasteiger partial charge in [-0.2, -0.15) is 13.2 Å². The Morgan fingerprint density at radius 2 is 1.36 bits per heavy atom. The maximum atomic E-state index is 12.7. The van der Waals surface area contributed by atoms with E-state index in [1.165, 1.54) is 0 Å². The zero-order valence-electron chi connectivity index (χ0n) is 13.3. The monoisotopic (exact) mass is 312 g/mol. The van der Waals surface area contributed by atoms with Crippen molar-refractivity contribution in [3.05, 3.63) is 35.4 Å². The summed E-state index contributed by atoms with van der Waals surface area (Å²) in [6.07, 6.45) is -2.57. The van der Waals surface area contributed by atoms with Gasteiger partial charge in [-0.25, -0.2) is 0 Å². The van der Waals surface area contributed by atoms with E-state index in [2.05, 4.69) is 0 Å². The van der Waals surface area contributed by atoms with Crippen molar-refractivity contribution in [3.63, 3.8) is 0 Å². The second kappa shape index (κ2) is 4.51. The second-order valence-electron chi connectivity index (χ2n) is 7.32. The van der Waals surface area contributed by atoms with Crippen LogP contribution in [0.25, 0.3) is 0 Å². The minimum atomic E-state index is -4.31. The van der Waals surface area contributed by atoms with Gasteiger partial charge in [-0.05, 0) is 58.2 Å². The maximum absolute atomic E-state index is 12.7. The van der Waals surface area contributed by atoms with Crippen molar-refractivity contribution in [2.24, 2.45) is 0 Å². The van der Waals surface area contributed by atoms with Gasteiger partial charge in [0.25, 0.3) is 0 Å². The molecule has 0 spiro atoms. The third-order valence-electron chi connectivity index (χ3n) is 5.28. The summed E-state index contributed by atoms with van der Waals surface area (Å²) in [4.78, 5) is 0. The second-order valence-corrected chi connectivity index (χ2v) is 7.32. The number of rotatable bonds is 2. The molecule has 120 valence electrons. The smallest absolute Gasteiger partial charge is 0.403 e. The summed E-state index contributed by atoms with van der Waals surface area (Å²) < 4.78 is 50.3. The summed E-state index contributed by atoms with van der Waals surface area (Å²) >= 11 is 0. The minimum absolute atomic E-state index is 0.310. The van der Waals surface area contributed by atoms with Crippen LogP contribution in [0, 0.1) is 0 Å². The van der Waals surface area contributed by atoms with E-state index in [0.29, 0.717) is 0 Å². The number of alkyl halides is 3. The van der Waals surface area contributed by atoms with Crippen molar-refractivity contribution < 1.29 is 22.5 Å². The summed E-state index contributed by atoms with van der Waals surface area (Å²) in [5.41, 5.74) is -0.627. The van der Waals surface area contributed by atoms with Gasteiger partial charge in [0.15, 0.2) is 0 Å². The Bertz CT molecular complexity index is 558. The molecule has 0 atom stereocenters. The van der Waals surface area contributed by atoms with Gasteiger partial charge in [-0.3, -0.25) is 0 Å². The van der Waals surface area contributed by atoms with Crippen LogP contribution >= 0.6 is 0 Å². The van der Waals surface area contributed by atoms with E-state index in [9.17, 15) is 13.2 Å². The SMILES string of the molecule is CC1(C)OB(C2(c3ccc(C(F)(F)F)cc3)CC2)OC1(C)C. The molecular weight excluding hydrogens is 292 g/mol. The summed E-state index contributed by atoms with van der Waals surface area (Å²) in [5.74, 6) is 0. The number of hydrogen-bond donors (Lipinski definition) is 0. The van der Waals surface area contributed by atoms with E-state index >= 15 is 0 Å². The van der Waals surface area contributed by atoms with Crippen LogP contribution in [0.2, 0.25) is 0 Å².